The molecule has 0 aliphatic carbocycles. The van der Waals surface area contributed by atoms with Crippen molar-refractivity contribution >= 4 is 26.0 Å². The SMILES string of the molecule is CC[C@@H](C)NS(=O)(=O)c1ccc(Br)cc1F. The quantitative estimate of drug-likeness (QED) is 0.929. The van der Waals surface area contributed by atoms with E-state index in [4.69, 9.17) is 0 Å². The maximum absolute atomic E-state index is 13.5. The maximum atomic E-state index is 13.5. The summed E-state index contributed by atoms with van der Waals surface area (Å²) in [7, 11) is -3.76. The van der Waals surface area contributed by atoms with Crippen LogP contribution in [0.5, 0.6) is 0 Å². The Morgan fingerprint density at radius 3 is 2.62 bits per heavy atom. The summed E-state index contributed by atoms with van der Waals surface area (Å²) in [6, 6.07) is 3.65. The highest BCUT2D eigenvalue weighted by molar-refractivity contribution is 9.10. The first-order valence-corrected chi connectivity index (χ1v) is 7.12. The highest BCUT2D eigenvalue weighted by Gasteiger charge is 2.20. The summed E-state index contributed by atoms with van der Waals surface area (Å²) >= 11 is 3.07. The Hall–Kier alpha value is -0.460. The summed E-state index contributed by atoms with van der Waals surface area (Å²) in [6.07, 6.45) is 0.650. The highest BCUT2D eigenvalue weighted by atomic mass is 79.9. The Morgan fingerprint density at radius 1 is 1.50 bits per heavy atom. The van der Waals surface area contributed by atoms with E-state index >= 15 is 0 Å². The predicted octanol–water partition coefficient (Wildman–Crippen LogP) is 2.67. The standard InChI is InChI=1S/C10H13BrFNO2S/c1-3-7(2)13-16(14,15)10-5-4-8(11)6-9(10)12/h4-7,13H,3H2,1-2H3/t7-/m1/s1. The Morgan fingerprint density at radius 2 is 2.12 bits per heavy atom. The third-order valence-corrected chi connectivity index (χ3v) is 4.27. The van der Waals surface area contributed by atoms with Crippen LogP contribution in [0.25, 0.3) is 0 Å². The van der Waals surface area contributed by atoms with E-state index in [-0.39, 0.29) is 10.9 Å². The van der Waals surface area contributed by atoms with Crippen molar-refractivity contribution in [1.82, 2.24) is 4.72 Å². The molecular weight excluding hydrogens is 297 g/mol. The van der Waals surface area contributed by atoms with Crippen molar-refractivity contribution in [3.05, 3.63) is 28.5 Å². The summed E-state index contributed by atoms with van der Waals surface area (Å²) in [5, 5.41) is 0. The molecule has 0 amide bonds. The van der Waals surface area contributed by atoms with Gasteiger partial charge in [-0.25, -0.2) is 17.5 Å². The van der Waals surface area contributed by atoms with Gasteiger partial charge in [0, 0.05) is 10.5 Å². The van der Waals surface area contributed by atoms with Crippen LogP contribution in [0.4, 0.5) is 4.39 Å². The first-order chi connectivity index (χ1) is 7.36. The largest absolute Gasteiger partial charge is 0.243 e. The molecule has 1 atom stereocenters. The second kappa shape index (κ2) is 5.25. The summed E-state index contributed by atoms with van der Waals surface area (Å²) < 4.78 is 39.9. The molecule has 0 heterocycles. The first-order valence-electron chi connectivity index (χ1n) is 4.84. The van der Waals surface area contributed by atoms with Crippen LogP contribution in [-0.4, -0.2) is 14.5 Å². The Balaban J connectivity index is 3.08. The molecule has 6 heteroatoms. The van der Waals surface area contributed by atoms with E-state index in [2.05, 4.69) is 20.7 Å². The van der Waals surface area contributed by atoms with Crippen LogP contribution >= 0.6 is 15.9 Å². The average Bonchev–Trinajstić information content (AvgIpc) is 2.16. The van der Waals surface area contributed by atoms with Crippen molar-refractivity contribution in [2.45, 2.75) is 31.2 Å². The molecular formula is C10H13BrFNO2S. The van der Waals surface area contributed by atoms with E-state index in [1.54, 1.807) is 6.92 Å². The average molecular weight is 310 g/mol. The Kier molecular flexibility index (Phi) is 4.46. The van der Waals surface area contributed by atoms with Crippen molar-refractivity contribution in [2.75, 3.05) is 0 Å². The second-order valence-corrected chi connectivity index (χ2v) is 6.10. The van der Waals surface area contributed by atoms with Gasteiger partial charge in [-0.2, -0.15) is 0 Å². The van der Waals surface area contributed by atoms with Gasteiger partial charge >= 0.3 is 0 Å². The summed E-state index contributed by atoms with van der Waals surface area (Å²) in [5.41, 5.74) is 0. The van der Waals surface area contributed by atoms with Crippen LogP contribution in [-0.2, 0) is 10.0 Å². The van der Waals surface area contributed by atoms with Crippen LogP contribution < -0.4 is 4.72 Å². The van der Waals surface area contributed by atoms with E-state index < -0.39 is 15.8 Å². The van der Waals surface area contributed by atoms with Crippen molar-refractivity contribution < 1.29 is 12.8 Å². The molecule has 0 aliphatic heterocycles. The lowest BCUT2D eigenvalue weighted by Gasteiger charge is -2.12. The van der Waals surface area contributed by atoms with Gasteiger partial charge in [-0.05, 0) is 31.5 Å². The van der Waals surface area contributed by atoms with Gasteiger partial charge in [0.05, 0.1) is 0 Å². The van der Waals surface area contributed by atoms with Crippen molar-refractivity contribution in [3.8, 4) is 0 Å². The zero-order valence-electron chi connectivity index (χ0n) is 9.00. The molecule has 1 N–H and O–H groups in total. The molecule has 0 fully saturated rings. The number of nitrogens with one attached hydrogen (secondary N) is 1. The molecule has 0 bridgehead atoms. The fourth-order valence-electron chi connectivity index (χ4n) is 1.10. The second-order valence-electron chi connectivity index (χ2n) is 3.51. The van der Waals surface area contributed by atoms with Crippen LogP contribution in [0.15, 0.2) is 27.6 Å². The third kappa shape index (κ3) is 3.26. The number of benzene rings is 1. The zero-order valence-corrected chi connectivity index (χ0v) is 11.4. The van der Waals surface area contributed by atoms with Gasteiger partial charge in [-0.3, -0.25) is 0 Å². The molecule has 0 saturated carbocycles. The number of sulfonamides is 1. The molecule has 3 nitrogen and oxygen atoms in total. The zero-order chi connectivity index (χ0) is 12.3. The number of halogens is 2. The summed E-state index contributed by atoms with van der Waals surface area (Å²) in [5.74, 6) is -0.759. The van der Waals surface area contributed by atoms with Crippen molar-refractivity contribution in [2.24, 2.45) is 0 Å². The molecule has 0 aromatic heterocycles. The summed E-state index contributed by atoms with van der Waals surface area (Å²) in [6.45, 7) is 3.58. The van der Waals surface area contributed by atoms with Gasteiger partial charge in [0.2, 0.25) is 10.0 Å². The van der Waals surface area contributed by atoms with Gasteiger partial charge in [0.25, 0.3) is 0 Å². The Bertz CT molecular complexity index is 476. The number of hydrogen-bond acceptors (Lipinski definition) is 2. The molecule has 1 aromatic carbocycles. The maximum Gasteiger partial charge on any atom is 0.243 e. The van der Waals surface area contributed by atoms with E-state index in [9.17, 15) is 12.8 Å². The molecule has 16 heavy (non-hydrogen) atoms. The lowest BCUT2D eigenvalue weighted by molar-refractivity contribution is 0.539. The van der Waals surface area contributed by atoms with Crippen LogP contribution in [0.3, 0.4) is 0 Å². The lowest BCUT2D eigenvalue weighted by Crippen LogP contribution is -2.32. The molecule has 90 valence electrons. The normalized spacial score (nSPS) is 13.8. The smallest absolute Gasteiger partial charge is 0.208 e. The van der Waals surface area contributed by atoms with Crippen LogP contribution in [0, 0.1) is 5.82 Å². The van der Waals surface area contributed by atoms with E-state index in [1.165, 1.54) is 12.1 Å². The molecule has 0 radical (unpaired) electrons. The van der Waals surface area contributed by atoms with E-state index in [0.717, 1.165) is 6.07 Å². The molecule has 0 unspecified atom stereocenters. The van der Waals surface area contributed by atoms with Crippen molar-refractivity contribution in [1.29, 1.82) is 0 Å². The highest BCUT2D eigenvalue weighted by Crippen LogP contribution is 2.19. The van der Waals surface area contributed by atoms with E-state index in [1.807, 2.05) is 6.92 Å². The minimum atomic E-state index is -3.76. The first kappa shape index (κ1) is 13.6. The molecule has 0 spiro atoms. The van der Waals surface area contributed by atoms with Crippen molar-refractivity contribution in [3.63, 3.8) is 0 Å². The van der Waals surface area contributed by atoms with Crippen LogP contribution in [0.2, 0.25) is 0 Å². The van der Waals surface area contributed by atoms with Crippen LogP contribution in [0.1, 0.15) is 20.3 Å². The fourth-order valence-corrected chi connectivity index (χ4v) is 2.82. The third-order valence-electron chi connectivity index (χ3n) is 2.15. The Labute approximate surface area is 103 Å². The van der Waals surface area contributed by atoms with Gasteiger partial charge < -0.3 is 0 Å². The summed E-state index contributed by atoms with van der Waals surface area (Å²) in [4.78, 5) is -0.323. The predicted molar refractivity (Wildman–Crippen MR) is 64.2 cm³/mol. The lowest BCUT2D eigenvalue weighted by atomic mass is 10.3. The topological polar surface area (TPSA) is 46.2 Å². The minimum Gasteiger partial charge on any atom is -0.208 e. The number of hydrogen-bond donors (Lipinski definition) is 1. The van der Waals surface area contributed by atoms with Gasteiger partial charge in [0.15, 0.2) is 0 Å². The monoisotopic (exact) mass is 309 g/mol. The van der Waals surface area contributed by atoms with E-state index in [0.29, 0.717) is 10.9 Å². The van der Waals surface area contributed by atoms with Gasteiger partial charge in [-0.1, -0.05) is 22.9 Å². The number of rotatable bonds is 4. The minimum absolute atomic E-state index is 0.215. The van der Waals surface area contributed by atoms with Gasteiger partial charge in [-0.15, -0.1) is 0 Å². The fraction of sp³-hybridized carbons (Fsp3) is 0.400. The molecule has 1 rings (SSSR count). The van der Waals surface area contributed by atoms with Gasteiger partial charge in [0.1, 0.15) is 10.7 Å². The molecule has 1 aromatic rings. The molecule has 0 saturated heterocycles. The molecule has 0 aliphatic rings.